The van der Waals surface area contributed by atoms with Gasteiger partial charge >= 0.3 is 0 Å². The molecule has 5 heteroatoms. The Balaban J connectivity index is 1.80. The Morgan fingerprint density at radius 1 is 1.09 bits per heavy atom. The van der Waals surface area contributed by atoms with Gasteiger partial charge in [0.15, 0.2) is 0 Å². The summed E-state index contributed by atoms with van der Waals surface area (Å²) in [5.41, 5.74) is 4.41. The quantitative estimate of drug-likeness (QED) is 0.596. The van der Waals surface area contributed by atoms with Gasteiger partial charge < -0.3 is 0 Å². The predicted octanol–water partition coefficient (Wildman–Crippen LogP) is 2.78. The molecular formula is C17H14N4O. The van der Waals surface area contributed by atoms with Crippen LogP contribution in [0.15, 0.2) is 66.2 Å². The summed E-state index contributed by atoms with van der Waals surface area (Å²) in [6.07, 6.45) is 4.38. The van der Waals surface area contributed by atoms with Crippen molar-refractivity contribution in [3.63, 3.8) is 0 Å². The fraction of sp³-hybridized carbons (Fsp3) is 0.0588. The van der Waals surface area contributed by atoms with Crippen LogP contribution < -0.4 is 5.43 Å². The third-order valence-corrected chi connectivity index (χ3v) is 3.29. The second kappa shape index (κ2) is 6.13. The molecule has 0 fully saturated rings. The minimum absolute atomic E-state index is 0.234. The van der Waals surface area contributed by atoms with Crippen molar-refractivity contribution in [3.05, 3.63) is 72.3 Å². The van der Waals surface area contributed by atoms with Crippen LogP contribution in [0.25, 0.3) is 10.8 Å². The minimum Gasteiger partial charge on any atom is -0.265 e. The zero-order valence-electron chi connectivity index (χ0n) is 12.0. The third kappa shape index (κ3) is 2.98. The molecule has 0 unspecified atom stereocenters. The zero-order valence-corrected chi connectivity index (χ0v) is 12.0. The van der Waals surface area contributed by atoms with Crippen molar-refractivity contribution in [1.82, 2.24) is 15.4 Å². The first-order chi connectivity index (χ1) is 10.7. The number of hydrogen-bond acceptors (Lipinski definition) is 4. The van der Waals surface area contributed by atoms with Crippen LogP contribution in [0.5, 0.6) is 0 Å². The van der Waals surface area contributed by atoms with E-state index in [1.807, 2.05) is 43.3 Å². The van der Waals surface area contributed by atoms with E-state index in [2.05, 4.69) is 26.6 Å². The van der Waals surface area contributed by atoms with Gasteiger partial charge in [-0.25, -0.2) is 10.4 Å². The Bertz CT molecular complexity index is 843. The zero-order chi connectivity index (χ0) is 15.4. The average Bonchev–Trinajstić information content (AvgIpc) is 2.59. The molecule has 1 amide bonds. The standard InChI is InChI=1S/C17H14N4O/c1-12(20-21-17(22)16-11-18-8-9-19-16)14-7-6-13-4-2-3-5-15(13)10-14/h2-11H,1H3,(H,21,22)/b20-12-. The second-order valence-electron chi connectivity index (χ2n) is 4.79. The van der Waals surface area contributed by atoms with E-state index in [0.717, 1.165) is 16.7 Å². The number of nitrogens with one attached hydrogen (secondary N) is 1. The van der Waals surface area contributed by atoms with Crippen LogP contribution in [0.3, 0.4) is 0 Å². The molecular weight excluding hydrogens is 276 g/mol. The summed E-state index contributed by atoms with van der Waals surface area (Å²) in [6.45, 7) is 1.85. The maximum atomic E-state index is 11.9. The van der Waals surface area contributed by atoms with Crippen molar-refractivity contribution in [2.24, 2.45) is 5.10 Å². The molecule has 0 atom stereocenters. The van der Waals surface area contributed by atoms with Gasteiger partial charge in [0, 0.05) is 12.4 Å². The summed E-state index contributed by atoms with van der Waals surface area (Å²) in [7, 11) is 0. The highest BCUT2D eigenvalue weighted by atomic mass is 16.2. The Hall–Kier alpha value is -3.08. The Kier molecular flexibility index (Phi) is 3.87. The molecule has 22 heavy (non-hydrogen) atoms. The first kappa shape index (κ1) is 13.9. The number of hydrazone groups is 1. The molecule has 1 N–H and O–H groups in total. The summed E-state index contributed by atoms with van der Waals surface area (Å²) in [4.78, 5) is 19.7. The van der Waals surface area contributed by atoms with Crippen LogP contribution in [0.2, 0.25) is 0 Å². The van der Waals surface area contributed by atoms with E-state index in [-0.39, 0.29) is 11.6 Å². The molecule has 1 heterocycles. The molecule has 0 aliphatic rings. The number of fused-ring (bicyclic) bond motifs is 1. The lowest BCUT2D eigenvalue weighted by atomic mass is 10.0. The summed E-state index contributed by atoms with van der Waals surface area (Å²) in [6, 6.07) is 14.2. The van der Waals surface area contributed by atoms with E-state index in [0.29, 0.717) is 0 Å². The van der Waals surface area contributed by atoms with Gasteiger partial charge in [-0.05, 0) is 29.3 Å². The maximum absolute atomic E-state index is 11.9. The van der Waals surface area contributed by atoms with Gasteiger partial charge in [-0.2, -0.15) is 5.10 Å². The number of aromatic nitrogens is 2. The van der Waals surface area contributed by atoms with E-state index in [1.165, 1.54) is 24.0 Å². The number of hydrogen-bond donors (Lipinski definition) is 1. The average molecular weight is 290 g/mol. The molecule has 0 saturated heterocycles. The topological polar surface area (TPSA) is 67.2 Å². The van der Waals surface area contributed by atoms with Crippen molar-refractivity contribution in [1.29, 1.82) is 0 Å². The molecule has 3 rings (SSSR count). The molecule has 1 aromatic heterocycles. The van der Waals surface area contributed by atoms with Crippen molar-refractivity contribution < 1.29 is 4.79 Å². The first-order valence-corrected chi connectivity index (χ1v) is 6.84. The summed E-state index contributed by atoms with van der Waals surface area (Å²) in [5, 5.41) is 6.43. The number of carbonyl (C=O) groups is 1. The number of nitrogens with zero attached hydrogens (tertiary/aromatic N) is 3. The van der Waals surface area contributed by atoms with Crippen LogP contribution in [0, 0.1) is 0 Å². The molecule has 5 nitrogen and oxygen atoms in total. The molecule has 0 saturated carbocycles. The largest absolute Gasteiger partial charge is 0.291 e. The van der Waals surface area contributed by atoms with E-state index < -0.39 is 0 Å². The summed E-state index contributed by atoms with van der Waals surface area (Å²) >= 11 is 0. The second-order valence-corrected chi connectivity index (χ2v) is 4.79. The van der Waals surface area contributed by atoms with Crippen LogP contribution in [-0.4, -0.2) is 21.6 Å². The van der Waals surface area contributed by atoms with Crippen molar-refractivity contribution in [2.45, 2.75) is 6.92 Å². The number of amides is 1. The first-order valence-electron chi connectivity index (χ1n) is 6.84. The van der Waals surface area contributed by atoms with Gasteiger partial charge in [-0.3, -0.25) is 9.78 Å². The molecule has 2 aromatic carbocycles. The lowest BCUT2D eigenvalue weighted by molar-refractivity contribution is 0.0949. The van der Waals surface area contributed by atoms with Gasteiger partial charge in [0.25, 0.3) is 5.91 Å². The van der Waals surface area contributed by atoms with Gasteiger partial charge in [-0.15, -0.1) is 0 Å². The van der Waals surface area contributed by atoms with E-state index in [1.54, 1.807) is 0 Å². The van der Waals surface area contributed by atoms with Gasteiger partial charge in [0.1, 0.15) is 5.69 Å². The molecule has 0 aliphatic heterocycles. The molecule has 0 spiro atoms. The lowest BCUT2D eigenvalue weighted by Gasteiger charge is -2.04. The van der Waals surface area contributed by atoms with Crippen molar-refractivity contribution in [2.75, 3.05) is 0 Å². The highest BCUT2D eigenvalue weighted by molar-refractivity contribution is 6.03. The lowest BCUT2D eigenvalue weighted by Crippen LogP contribution is -2.20. The number of benzene rings is 2. The molecule has 3 aromatic rings. The number of rotatable bonds is 3. The third-order valence-electron chi connectivity index (χ3n) is 3.29. The summed E-state index contributed by atoms with van der Waals surface area (Å²) < 4.78 is 0. The summed E-state index contributed by atoms with van der Waals surface area (Å²) in [5.74, 6) is -0.381. The van der Waals surface area contributed by atoms with E-state index in [4.69, 9.17) is 0 Å². The molecule has 0 aliphatic carbocycles. The molecule has 0 bridgehead atoms. The fourth-order valence-electron chi connectivity index (χ4n) is 2.09. The Labute approximate surface area is 127 Å². The Morgan fingerprint density at radius 3 is 2.68 bits per heavy atom. The molecule has 108 valence electrons. The predicted molar refractivity (Wildman–Crippen MR) is 85.7 cm³/mol. The highest BCUT2D eigenvalue weighted by Crippen LogP contribution is 2.16. The van der Waals surface area contributed by atoms with Crippen LogP contribution in [0.4, 0.5) is 0 Å². The van der Waals surface area contributed by atoms with Crippen molar-refractivity contribution in [3.8, 4) is 0 Å². The maximum Gasteiger partial charge on any atom is 0.291 e. The minimum atomic E-state index is -0.381. The van der Waals surface area contributed by atoms with Crippen LogP contribution in [0.1, 0.15) is 23.0 Å². The van der Waals surface area contributed by atoms with Crippen LogP contribution >= 0.6 is 0 Å². The normalized spacial score (nSPS) is 11.4. The monoisotopic (exact) mass is 290 g/mol. The van der Waals surface area contributed by atoms with Crippen LogP contribution in [-0.2, 0) is 0 Å². The van der Waals surface area contributed by atoms with Gasteiger partial charge in [0.05, 0.1) is 11.9 Å². The smallest absolute Gasteiger partial charge is 0.265 e. The fourth-order valence-corrected chi connectivity index (χ4v) is 2.09. The van der Waals surface area contributed by atoms with E-state index in [9.17, 15) is 4.79 Å². The van der Waals surface area contributed by atoms with Gasteiger partial charge in [0.2, 0.25) is 0 Å². The number of carbonyl (C=O) groups excluding carboxylic acids is 1. The van der Waals surface area contributed by atoms with Gasteiger partial charge in [-0.1, -0.05) is 36.4 Å². The Morgan fingerprint density at radius 2 is 1.91 bits per heavy atom. The van der Waals surface area contributed by atoms with E-state index >= 15 is 0 Å². The van der Waals surface area contributed by atoms with Crippen molar-refractivity contribution >= 4 is 22.4 Å². The highest BCUT2D eigenvalue weighted by Gasteiger charge is 2.06. The SMILES string of the molecule is C/C(=N/NC(=O)c1cnccn1)c1ccc2ccccc2c1. The molecule has 0 radical (unpaired) electrons.